The molecule has 1 aliphatic carbocycles. The molecule has 4 nitrogen and oxygen atoms in total. The average molecular weight is 759 g/mol. The Hall–Kier alpha value is -7.30. The first-order chi connectivity index (χ1) is 29.0. The van der Waals surface area contributed by atoms with Crippen LogP contribution in [0.3, 0.4) is 0 Å². The summed E-state index contributed by atoms with van der Waals surface area (Å²) in [6.07, 6.45) is 0. The Labute approximate surface area is 343 Å². The number of nitrogens with one attached hydrogen (secondary N) is 1. The predicted octanol–water partition coefficient (Wildman–Crippen LogP) is 13.2. The fourth-order valence-corrected chi connectivity index (χ4v) is 9.58. The monoisotopic (exact) mass is 758 g/mol. The second-order valence-corrected chi connectivity index (χ2v) is 16.2. The van der Waals surface area contributed by atoms with Gasteiger partial charge < -0.3 is 9.88 Å². The van der Waals surface area contributed by atoms with E-state index in [1.165, 1.54) is 76.4 Å². The molecule has 1 aliphatic rings. The Morgan fingerprint density at radius 2 is 1.07 bits per heavy atom. The summed E-state index contributed by atoms with van der Waals surface area (Å²) in [5.74, 6) is 1.44. The molecule has 0 saturated heterocycles. The van der Waals surface area contributed by atoms with E-state index in [0.717, 1.165) is 28.2 Å². The van der Waals surface area contributed by atoms with Gasteiger partial charge in [-0.25, -0.2) is 4.99 Å². The number of hydrogen-bond donors (Lipinski definition) is 1. The van der Waals surface area contributed by atoms with Crippen LogP contribution in [-0.2, 0) is 12.0 Å². The molecule has 0 saturated carbocycles. The third kappa shape index (κ3) is 5.59. The molecule has 10 aromatic rings. The smallest absolute Gasteiger partial charge is 0.157 e. The summed E-state index contributed by atoms with van der Waals surface area (Å²) in [4.78, 5) is 10.4. The number of rotatable bonds is 5. The van der Waals surface area contributed by atoms with Gasteiger partial charge in [0.25, 0.3) is 0 Å². The third-order valence-electron chi connectivity index (χ3n) is 12.5. The van der Waals surface area contributed by atoms with Crippen molar-refractivity contribution in [3.63, 3.8) is 0 Å². The molecule has 0 radical (unpaired) electrons. The number of nitrogens with zero attached hydrogens (tertiary/aromatic N) is 3. The van der Waals surface area contributed by atoms with Gasteiger partial charge in [0.1, 0.15) is 5.84 Å². The van der Waals surface area contributed by atoms with E-state index in [4.69, 9.17) is 9.98 Å². The number of hydrogen-bond acceptors (Lipinski definition) is 1. The van der Waals surface area contributed by atoms with Gasteiger partial charge in [-0.05, 0) is 96.5 Å². The molecule has 59 heavy (non-hydrogen) atoms. The van der Waals surface area contributed by atoms with Crippen LogP contribution in [0.5, 0.6) is 0 Å². The molecular weight excluding hydrogens is 717 g/mol. The summed E-state index contributed by atoms with van der Waals surface area (Å²) < 4.78 is 2.48. The van der Waals surface area contributed by atoms with Crippen molar-refractivity contribution in [2.75, 3.05) is 7.05 Å². The van der Waals surface area contributed by atoms with Gasteiger partial charge in [-0.2, -0.15) is 0 Å². The van der Waals surface area contributed by atoms with E-state index in [-0.39, 0.29) is 5.41 Å². The number of amidine groups is 2. The van der Waals surface area contributed by atoms with Gasteiger partial charge in [0, 0.05) is 40.0 Å². The predicted molar refractivity (Wildman–Crippen MR) is 250 cm³/mol. The normalized spacial score (nSPS) is 13.7. The van der Waals surface area contributed by atoms with E-state index in [2.05, 4.69) is 181 Å². The van der Waals surface area contributed by atoms with E-state index in [1.54, 1.807) is 0 Å². The van der Waals surface area contributed by atoms with Crippen LogP contribution < -0.4 is 5.32 Å². The first-order valence-corrected chi connectivity index (χ1v) is 20.4. The maximum absolute atomic E-state index is 5.24. The summed E-state index contributed by atoms with van der Waals surface area (Å²) >= 11 is 0. The van der Waals surface area contributed by atoms with Crippen LogP contribution in [0.15, 0.2) is 192 Å². The second-order valence-electron chi connectivity index (χ2n) is 16.2. The quantitative estimate of drug-likeness (QED) is 0.106. The molecule has 9 aromatic carbocycles. The molecule has 0 unspecified atom stereocenters. The molecule has 11 rings (SSSR count). The van der Waals surface area contributed by atoms with Gasteiger partial charge in [-0.1, -0.05) is 159 Å². The van der Waals surface area contributed by atoms with Gasteiger partial charge in [0.05, 0.1) is 17.6 Å². The SMILES string of the molecule is CNC(=NC(=NCc1ccccc1)c1cccc(-n2c3cc4c(cc3c3cc5c6ccccc6c6ccccc6c5cc32)-c2ccccc2C4(C)C)c1)c1ccccc1. The van der Waals surface area contributed by atoms with Gasteiger partial charge in [0.2, 0.25) is 0 Å². The molecule has 0 spiro atoms. The number of benzene rings is 9. The molecule has 1 N–H and O–H groups in total. The van der Waals surface area contributed by atoms with Crippen molar-refractivity contribution in [2.24, 2.45) is 9.98 Å². The van der Waals surface area contributed by atoms with E-state index < -0.39 is 0 Å². The van der Waals surface area contributed by atoms with Crippen molar-refractivity contribution in [2.45, 2.75) is 25.8 Å². The maximum atomic E-state index is 5.24. The van der Waals surface area contributed by atoms with E-state index in [9.17, 15) is 0 Å². The van der Waals surface area contributed by atoms with Crippen LogP contribution in [0.25, 0.3) is 70.9 Å². The second kappa shape index (κ2) is 13.7. The number of fused-ring (bicyclic) bond motifs is 12. The van der Waals surface area contributed by atoms with Crippen LogP contribution in [0.1, 0.15) is 41.7 Å². The van der Waals surface area contributed by atoms with Crippen molar-refractivity contribution in [3.05, 3.63) is 210 Å². The molecular formula is C55H42N4. The highest BCUT2D eigenvalue weighted by atomic mass is 15.0. The molecule has 0 bridgehead atoms. The molecule has 1 aromatic heterocycles. The molecule has 282 valence electrons. The van der Waals surface area contributed by atoms with Crippen molar-refractivity contribution < 1.29 is 0 Å². The zero-order chi connectivity index (χ0) is 39.7. The van der Waals surface area contributed by atoms with E-state index in [1.807, 2.05) is 31.3 Å². The standard InChI is InChI=1S/C55H42N4/c1-55(2)49-28-15-14-27-43(49)46-31-48-47-30-44-41-25-12-10-23-39(41)40-24-11-13-26-42(40)45(44)32-51(47)59(52(48)33-50(46)55)38-22-16-21-37(29-38)54(57-34-35-17-6-4-7-18-35)58-53(56-3)36-19-8-5-9-20-36/h4-33H,34H2,1-3H3,(H,56,57,58). The summed E-state index contributed by atoms with van der Waals surface area (Å²) in [5.41, 5.74) is 11.7. The van der Waals surface area contributed by atoms with Crippen LogP contribution in [0, 0.1) is 0 Å². The van der Waals surface area contributed by atoms with Gasteiger partial charge in [-0.3, -0.25) is 4.99 Å². The first kappa shape index (κ1) is 34.9. The van der Waals surface area contributed by atoms with E-state index >= 15 is 0 Å². The average Bonchev–Trinajstić information content (AvgIpc) is 3.72. The fourth-order valence-electron chi connectivity index (χ4n) is 9.58. The Bertz CT molecular complexity index is 3350. The minimum atomic E-state index is -0.145. The Kier molecular flexibility index (Phi) is 8.09. The van der Waals surface area contributed by atoms with Crippen molar-refractivity contribution in [3.8, 4) is 16.8 Å². The van der Waals surface area contributed by atoms with Crippen molar-refractivity contribution in [1.29, 1.82) is 0 Å². The Morgan fingerprint density at radius 1 is 0.492 bits per heavy atom. The van der Waals surface area contributed by atoms with Crippen LogP contribution in [0.4, 0.5) is 0 Å². The molecule has 1 heterocycles. The zero-order valence-corrected chi connectivity index (χ0v) is 33.4. The van der Waals surface area contributed by atoms with Gasteiger partial charge in [-0.15, -0.1) is 0 Å². The lowest BCUT2D eigenvalue weighted by molar-refractivity contribution is 0.661. The topological polar surface area (TPSA) is 41.7 Å². The summed E-state index contributed by atoms with van der Waals surface area (Å²) in [6, 6.07) is 65.9. The van der Waals surface area contributed by atoms with Crippen molar-refractivity contribution in [1.82, 2.24) is 9.88 Å². The number of aliphatic imine (C=N–C) groups is 2. The highest BCUT2D eigenvalue weighted by Crippen LogP contribution is 2.51. The Balaban J connectivity index is 1.20. The minimum Gasteiger partial charge on any atom is -0.373 e. The fraction of sp³-hybridized carbons (Fsp3) is 0.0909. The van der Waals surface area contributed by atoms with Crippen LogP contribution in [-0.4, -0.2) is 23.3 Å². The lowest BCUT2D eigenvalue weighted by Crippen LogP contribution is -2.21. The third-order valence-corrected chi connectivity index (χ3v) is 12.5. The summed E-state index contributed by atoms with van der Waals surface area (Å²) in [6.45, 7) is 5.24. The maximum Gasteiger partial charge on any atom is 0.157 e. The van der Waals surface area contributed by atoms with Crippen LogP contribution >= 0.6 is 0 Å². The zero-order valence-electron chi connectivity index (χ0n) is 33.4. The number of aromatic nitrogens is 1. The highest BCUT2D eigenvalue weighted by Gasteiger charge is 2.36. The van der Waals surface area contributed by atoms with Crippen LogP contribution in [0.2, 0.25) is 0 Å². The molecule has 0 amide bonds. The van der Waals surface area contributed by atoms with E-state index in [0.29, 0.717) is 12.4 Å². The molecule has 0 aliphatic heterocycles. The largest absolute Gasteiger partial charge is 0.373 e. The summed E-state index contributed by atoms with van der Waals surface area (Å²) in [5, 5.41) is 13.4. The van der Waals surface area contributed by atoms with Gasteiger partial charge in [0.15, 0.2) is 5.84 Å². The summed E-state index contributed by atoms with van der Waals surface area (Å²) in [7, 11) is 1.92. The van der Waals surface area contributed by atoms with Gasteiger partial charge >= 0.3 is 0 Å². The minimum absolute atomic E-state index is 0.145. The molecule has 4 heteroatoms. The Morgan fingerprint density at radius 3 is 1.78 bits per heavy atom. The van der Waals surface area contributed by atoms with Crippen molar-refractivity contribution >= 4 is 65.8 Å². The lowest BCUT2D eigenvalue weighted by Gasteiger charge is -2.21. The highest BCUT2D eigenvalue weighted by molar-refractivity contribution is 6.29. The molecule has 0 fully saturated rings. The molecule has 0 atom stereocenters. The first-order valence-electron chi connectivity index (χ1n) is 20.4. The lowest BCUT2D eigenvalue weighted by atomic mass is 9.82.